The number of nitrogens with one attached hydrogen (secondary N) is 1. The van der Waals surface area contributed by atoms with Crippen LogP contribution >= 0.6 is 0 Å². The summed E-state index contributed by atoms with van der Waals surface area (Å²) in [6, 6.07) is 6.49. The Morgan fingerprint density at radius 2 is 1.64 bits per heavy atom. The number of anilines is 1. The van der Waals surface area contributed by atoms with Gasteiger partial charge in [0.05, 0.1) is 5.41 Å². The van der Waals surface area contributed by atoms with Gasteiger partial charge in [-0.3, -0.25) is 4.79 Å². The van der Waals surface area contributed by atoms with Crippen molar-refractivity contribution < 1.29 is 9.42 Å². The molecule has 5 heteroatoms. The van der Waals surface area contributed by atoms with Crippen LogP contribution < -0.4 is 5.32 Å². The van der Waals surface area contributed by atoms with E-state index in [0.717, 1.165) is 55.4 Å². The van der Waals surface area contributed by atoms with Crippen LogP contribution in [0.3, 0.4) is 0 Å². The molecule has 5 nitrogen and oxygen atoms in total. The molecular formula is C23H27N3O2. The maximum Gasteiger partial charge on any atom is 0.231 e. The molecule has 0 unspecified atom stereocenters. The fourth-order valence-corrected chi connectivity index (χ4v) is 6.97. The topological polar surface area (TPSA) is 68.0 Å². The molecular weight excluding hydrogens is 350 g/mol. The van der Waals surface area contributed by atoms with Crippen molar-refractivity contribution in [2.24, 2.45) is 23.2 Å². The van der Waals surface area contributed by atoms with E-state index in [4.69, 9.17) is 4.63 Å². The molecule has 146 valence electrons. The minimum atomic E-state index is -0.194. The van der Waals surface area contributed by atoms with Crippen molar-refractivity contribution in [2.45, 2.75) is 64.2 Å². The summed E-state index contributed by atoms with van der Waals surface area (Å²) in [6.45, 7) is 0. The number of hydrogen-bond donors (Lipinski definition) is 1. The molecule has 5 aliphatic rings. The van der Waals surface area contributed by atoms with Gasteiger partial charge in [0.1, 0.15) is 0 Å². The van der Waals surface area contributed by atoms with E-state index >= 15 is 0 Å². The second kappa shape index (κ2) is 6.16. The third kappa shape index (κ3) is 2.62. The molecule has 5 aliphatic carbocycles. The van der Waals surface area contributed by atoms with Crippen LogP contribution in [-0.2, 0) is 17.6 Å². The second-order valence-corrected chi connectivity index (χ2v) is 9.80. The predicted molar refractivity (Wildman–Crippen MR) is 106 cm³/mol. The lowest BCUT2D eigenvalue weighted by Crippen LogP contribution is -2.51. The number of nitrogens with zero attached hydrogens (tertiary/aromatic N) is 2. The highest BCUT2D eigenvalue weighted by Gasteiger charge is 2.54. The van der Waals surface area contributed by atoms with Crippen molar-refractivity contribution in [3.63, 3.8) is 0 Å². The van der Waals surface area contributed by atoms with Crippen LogP contribution in [0.1, 0.15) is 62.5 Å². The van der Waals surface area contributed by atoms with Gasteiger partial charge < -0.3 is 5.32 Å². The molecule has 4 saturated carbocycles. The zero-order chi connectivity index (χ0) is 18.7. The number of aryl methyl sites for hydroxylation is 2. The molecule has 0 saturated heterocycles. The third-order valence-electron chi connectivity index (χ3n) is 7.86. The molecule has 4 fully saturated rings. The van der Waals surface area contributed by atoms with Crippen molar-refractivity contribution in [3.05, 3.63) is 29.3 Å². The number of rotatable bonds is 3. The molecule has 7 rings (SSSR count). The van der Waals surface area contributed by atoms with Crippen LogP contribution in [0.4, 0.5) is 5.82 Å². The summed E-state index contributed by atoms with van der Waals surface area (Å²) in [4.78, 5) is 13.4. The largest absolute Gasteiger partial charge is 0.305 e. The van der Waals surface area contributed by atoms with Gasteiger partial charge in [-0.05, 0) is 109 Å². The Hall–Kier alpha value is -2.17. The van der Waals surface area contributed by atoms with Gasteiger partial charge in [-0.25, -0.2) is 4.63 Å². The highest BCUT2D eigenvalue weighted by Crippen LogP contribution is 2.60. The number of fused-ring (bicyclic) bond motifs is 1. The molecule has 1 amide bonds. The maximum atomic E-state index is 13.4. The Labute approximate surface area is 165 Å². The SMILES string of the molecule is O=C(Nc1nonc1-c1ccc2c(c1)CCCC2)C12CC3CC(CC(C3)C1)C2. The smallest absolute Gasteiger partial charge is 0.231 e. The zero-order valence-electron chi connectivity index (χ0n) is 16.2. The van der Waals surface area contributed by atoms with Gasteiger partial charge in [0.2, 0.25) is 11.7 Å². The van der Waals surface area contributed by atoms with Crippen LogP contribution in [-0.4, -0.2) is 16.2 Å². The van der Waals surface area contributed by atoms with Crippen molar-refractivity contribution in [1.29, 1.82) is 0 Å². The summed E-state index contributed by atoms with van der Waals surface area (Å²) in [5, 5.41) is 11.3. The molecule has 28 heavy (non-hydrogen) atoms. The number of carbonyl (C=O) groups excluding carboxylic acids is 1. The molecule has 1 N–H and O–H groups in total. The highest BCUT2D eigenvalue weighted by atomic mass is 16.6. The molecule has 4 bridgehead atoms. The Morgan fingerprint density at radius 1 is 0.964 bits per heavy atom. The van der Waals surface area contributed by atoms with E-state index in [1.807, 2.05) is 0 Å². The quantitative estimate of drug-likeness (QED) is 0.836. The van der Waals surface area contributed by atoms with E-state index in [2.05, 4.69) is 33.8 Å². The summed E-state index contributed by atoms with van der Waals surface area (Å²) >= 11 is 0. The Morgan fingerprint density at radius 3 is 2.36 bits per heavy atom. The molecule has 0 atom stereocenters. The van der Waals surface area contributed by atoms with Gasteiger partial charge in [0.15, 0.2) is 5.69 Å². The first-order chi connectivity index (χ1) is 13.7. The average molecular weight is 377 g/mol. The molecule has 2 aromatic rings. The van der Waals surface area contributed by atoms with E-state index < -0.39 is 0 Å². The van der Waals surface area contributed by atoms with Crippen LogP contribution in [0.25, 0.3) is 11.3 Å². The lowest BCUT2D eigenvalue weighted by atomic mass is 9.49. The minimum Gasteiger partial charge on any atom is -0.305 e. The molecule has 0 spiro atoms. The lowest BCUT2D eigenvalue weighted by Gasteiger charge is -2.55. The summed E-state index contributed by atoms with van der Waals surface area (Å²) in [6.07, 6.45) is 11.9. The van der Waals surface area contributed by atoms with Gasteiger partial charge in [-0.2, -0.15) is 0 Å². The fourth-order valence-electron chi connectivity index (χ4n) is 6.97. The fraction of sp³-hybridized carbons (Fsp3) is 0.609. The van der Waals surface area contributed by atoms with Crippen molar-refractivity contribution in [1.82, 2.24) is 10.3 Å². The van der Waals surface area contributed by atoms with Crippen LogP contribution in [0.5, 0.6) is 0 Å². The van der Waals surface area contributed by atoms with Gasteiger partial charge in [0, 0.05) is 5.56 Å². The summed E-state index contributed by atoms with van der Waals surface area (Å²) < 4.78 is 5.05. The van der Waals surface area contributed by atoms with Gasteiger partial charge in [-0.1, -0.05) is 12.1 Å². The second-order valence-electron chi connectivity index (χ2n) is 9.80. The Balaban J connectivity index is 1.27. The number of hydrogen-bond acceptors (Lipinski definition) is 4. The Kier molecular flexibility index (Phi) is 3.69. The molecule has 0 radical (unpaired) electrons. The van der Waals surface area contributed by atoms with Crippen LogP contribution in [0, 0.1) is 23.2 Å². The first-order valence-electron chi connectivity index (χ1n) is 10.9. The third-order valence-corrected chi connectivity index (χ3v) is 7.86. The maximum absolute atomic E-state index is 13.4. The van der Waals surface area contributed by atoms with E-state index in [9.17, 15) is 4.79 Å². The van der Waals surface area contributed by atoms with E-state index in [0.29, 0.717) is 11.5 Å². The normalized spacial score (nSPS) is 32.9. The summed E-state index contributed by atoms with van der Waals surface area (Å²) in [7, 11) is 0. The number of aromatic nitrogens is 2. The van der Waals surface area contributed by atoms with Gasteiger partial charge in [0.25, 0.3) is 0 Å². The first kappa shape index (κ1) is 16.8. The molecule has 1 heterocycles. The van der Waals surface area contributed by atoms with Gasteiger partial charge >= 0.3 is 0 Å². The zero-order valence-corrected chi connectivity index (χ0v) is 16.2. The molecule has 0 aliphatic heterocycles. The number of benzene rings is 1. The van der Waals surface area contributed by atoms with Crippen molar-refractivity contribution >= 4 is 11.7 Å². The monoisotopic (exact) mass is 377 g/mol. The van der Waals surface area contributed by atoms with Crippen LogP contribution in [0.2, 0.25) is 0 Å². The summed E-state index contributed by atoms with van der Waals surface area (Å²) in [5.74, 6) is 2.85. The highest BCUT2D eigenvalue weighted by molar-refractivity contribution is 5.97. The van der Waals surface area contributed by atoms with Crippen molar-refractivity contribution in [2.75, 3.05) is 5.32 Å². The molecule has 1 aromatic heterocycles. The average Bonchev–Trinajstić information content (AvgIpc) is 3.14. The van der Waals surface area contributed by atoms with E-state index in [-0.39, 0.29) is 11.3 Å². The standard InChI is InChI=1S/C23H27N3O2/c27-22(23-11-14-7-15(12-23)9-16(8-14)13-23)24-21-20(25-28-26-21)19-6-5-17-3-1-2-4-18(17)10-19/h5-6,10,14-16H,1-4,7-9,11-13H2,(H,24,26,27). The summed E-state index contributed by atoms with van der Waals surface area (Å²) in [5.41, 5.74) is 4.28. The van der Waals surface area contributed by atoms with Crippen molar-refractivity contribution in [3.8, 4) is 11.3 Å². The minimum absolute atomic E-state index is 0.140. The van der Waals surface area contributed by atoms with E-state index in [1.165, 1.54) is 43.2 Å². The van der Waals surface area contributed by atoms with Crippen LogP contribution in [0.15, 0.2) is 22.8 Å². The molecule has 1 aromatic carbocycles. The van der Waals surface area contributed by atoms with Gasteiger partial charge in [-0.15, -0.1) is 0 Å². The predicted octanol–water partition coefficient (Wildman–Crippen LogP) is 4.77. The number of amides is 1. The van der Waals surface area contributed by atoms with E-state index in [1.54, 1.807) is 0 Å². The first-order valence-corrected chi connectivity index (χ1v) is 10.9. The number of carbonyl (C=O) groups is 1. The Bertz CT molecular complexity index is 896. The lowest BCUT2D eigenvalue weighted by molar-refractivity contribution is -0.140.